The van der Waals surface area contributed by atoms with Crippen molar-refractivity contribution >= 4 is 0 Å². The van der Waals surface area contributed by atoms with E-state index in [2.05, 4.69) is 47.8 Å². The lowest BCUT2D eigenvalue weighted by molar-refractivity contribution is 0.652. The van der Waals surface area contributed by atoms with E-state index >= 15 is 0 Å². The Hall–Kier alpha value is -1.61. The van der Waals surface area contributed by atoms with Crippen LogP contribution in [-0.2, 0) is 7.05 Å². The smallest absolute Gasteiger partial charge is 0.0671 e. The summed E-state index contributed by atoms with van der Waals surface area (Å²) in [7, 11) is 3.93. The first kappa shape index (κ1) is 11.9. The Morgan fingerprint density at radius 2 is 1.88 bits per heavy atom. The van der Waals surface area contributed by atoms with Crippen LogP contribution in [0.5, 0.6) is 0 Å². The van der Waals surface area contributed by atoms with Crippen LogP contribution in [0.4, 0.5) is 0 Å². The summed E-state index contributed by atoms with van der Waals surface area (Å²) in [5.41, 5.74) is 4.80. The Balaban J connectivity index is 2.32. The van der Waals surface area contributed by atoms with Gasteiger partial charge >= 0.3 is 0 Å². The van der Waals surface area contributed by atoms with Crippen LogP contribution in [0, 0.1) is 6.92 Å². The molecule has 90 valence electrons. The van der Waals surface area contributed by atoms with Crippen molar-refractivity contribution in [2.45, 2.75) is 19.9 Å². The van der Waals surface area contributed by atoms with Crippen LogP contribution in [0.1, 0.15) is 24.2 Å². The van der Waals surface area contributed by atoms with Gasteiger partial charge in [0.2, 0.25) is 0 Å². The van der Waals surface area contributed by atoms with Gasteiger partial charge in [-0.1, -0.05) is 24.3 Å². The van der Waals surface area contributed by atoms with E-state index < -0.39 is 0 Å². The number of rotatable bonds is 3. The number of nitrogens with one attached hydrogen (secondary N) is 1. The second-order valence-corrected chi connectivity index (χ2v) is 4.43. The summed E-state index contributed by atoms with van der Waals surface area (Å²) >= 11 is 0. The monoisotopic (exact) mass is 229 g/mol. The maximum absolute atomic E-state index is 4.37. The van der Waals surface area contributed by atoms with E-state index in [0.29, 0.717) is 6.04 Å². The predicted molar refractivity (Wildman–Crippen MR) is 70.9 cm³/mol. The highest BCUT2D eigenvalue weighted by atomic mass is 15.2. The van der Waals surface area contributed by atoms with Crippen LogP contribution < -0.4 is 5.32 Å². The molecule has 1 heterocycles. The minimum Gasteiger partial charge on any atom is -0.313 e. The topological polar surface area (TPSA) is 29.9 Å². The Morgan fingerprint density at radius 3 is 2.35 bits per heavy atom. The van der Waals surface area contributed by atoms with Crippen LogP contribution in [0.15, 0.2) is 30.5 Å². The average molecular weight is 229 g/mol. The molecule has 0 saturated carbocycles. The first-order chi connectivity index (χ1) is 8.11. The van der Waals surface area contributed by atoms with Crippen LogP contribution in [0.2, 0.25) is 0 Å². The molecule has 0 saturated heterocycles. The maximum atomic E-state index is 4.37. The highest BCUT2D eigenvalue weighted by molar-refractivity contribution is 5.65. The molecule has 0 radical (unpaired) electrons. The number of benzene rings is 1. The van der Waals surface area contributed by atoms with Crippen LogP contribution in [-0.4, -0.2) is 16.8 Å². The van der Waals surface area contributed by atoms with Gasteiger partial charge in [0.05, 0.1) is 5.69 Å². The van der Waals surface area contributed by atoms with Crippen molar-refractivity contribution < 1.29 is 0 Å². The number of hydrogen-bond acceptors (Lipinski definition) is 2. The van der Waals surface area contributed by atoms with Crippen LogP contribution in [0.3, 0.4) is 0 Å². The Morgan fingerprint density at radius 1 is 1.24 bits per heavy atom. The molecule has 3 heteroatoms. The fourth-order valence-electron chi connectivity index (χ4n) is 2.00. The van der Waals surface area contributed by atoms with Crippen molar-refractivity contribution in [3.05, 3.63) is 41.7 Å². The van der Waals surface area contributed by atoms with Gasteiger partial charge in [-0.25, -0.2) is 0 Å². The Labute approximate surface area is 102 Å². The summed E-state index contributed by atoms with van der Waals surface area (Å²) in [5, 5.41) is 7.60. The van der Waals surface area contributed by atoms with Gasteiger partial charge in [-0.15, -0.1) is 0 Å². The number of hydrogen-bond donors (Lipinski definition) is 1. The van der Waals surface area contributed by atoms with Crippen molar-refractivity contribution in [1.82, 2.24) is 15.1 Å². The van der Waals surface area contributed by atoms with Gasteiger partial charge in [0.25, 0.3) is 0 Å². The highest BCUT2D eigenvalue weighted by Crippen LogP contribution is 2.24. The van der Waals surface area contributed by atoms with Crippen LogP contribution >= 0.6 is 0 Å². The summed E-state index contributed by atoms with van der Waals surface area (Å²) in [6.45, 7) is 4.20. The largest absolute Gasteiger partial charge is 0.313 e. The summed E-state index contributed by atoms with van der Waals surface area (Å²) < 4.78 is 1.86. The minimum absolute atomic E-state index is 0.388. The molecule has 0 fully saturated rings. The minimum atomic E-state index is 0.388. The van der Waals surface area contributed by atoms with Gasteiger partial charge in [-0.3, -0.25) is 4.68 Å². The quantitative estimate of drug-likeness (QED) is 0.877. The fraction of sp³-hybridized carbons (Fsp3) is 0.357. The Bertz CT molecular complexity index is 497. The highest BCUT2D eigenvalue weighted by Gasteiger charge is 2.07. The third-order valence-corrected chi connectivity index (χ3v) is 3.17. The molecule has 1 N–H and O–H groups in total. The number of aromatic nitrogens is 2. The van der Waals surface area contributed by atoms with E-state index in [1.54, 1.807) is 0 Å². The standard InChI is InChI=1S/C14H19N3/c1-10(15-3)12-5-7-13(8-6-12)14-9-17(4)16-11(14)2/h5-10,15H,1-4H3. The molecular weight excluding hydrogens is 210 g/mol. The zero-order chi connectivity index (χ0) is 12.4. The molecule has 1 aromatic carbocycles. The maximum Gasteiger partial charge on any atom is 0.0671 e. The molecule has 3 nitrogen and oxygen atoms in total. The fourth-order valence-corrected chi connectivity index (χ4v) is 2.00. The van der Waals surface area contributed by atoms with E-state index in [4.69, 9.17) is 0 Å². The molecule has 0 aliphatic heterocycles. The molecular formula is C14H19N3. The van der Waals surface area contributed by atoms with Gasteiger partial charge in [0, 0.05) is 24.8 Å². The van der Waals surface area contributed by atoms with E-state index in [0.717, 1.165) is 5.69 Å². The van der Waals surface area contributed by atoms with Crippen molar-refractivity contribution in [3.8, 4) is 11.1 Å². The first-order valence-corrected chi connectivity index (χ1v) is 5.89. The molecule has 1 aromatic heterocycles. The third kappa shape index (κ3) is 2.39. The van der Waals surface area contributed by atoms with Gasteiger partial charge in [-0.05, 0) is 32.0 Å². The lowest BCUT2D eigenvalue weighted by Crippen LogP contribution is -2.11. The van der Waals surface area contributed by atoms with E-state index in [9.17, 15) is 0 Å². The molecule has 17 heavy (non-hydrogen) atoms. The SMILES string of the molecule is CNC(C)c1ccc(-c2cn(C)nc2C)cc1. The van der Waals surface area contributed by atoms with Crippen molar-refractivity contribution in [3.63, 3.8) is 0 Å². The Kier molecular flexibility index (Phi) is 3.29. The summed E-state index contributed by atoms with van der Waals surface area (Å²) in [4.78, 5) is 0. The normalized spacial score (nSPS) is 12.7. The lowest BCUT2D eigenvalue weighted by Gasteiger charge is -2.10. The first-order valence-electron chi connectivity index (χ1n) is 5.89. The van der Waals surface area contributed by atoms with E-state index in [1.807, 2.05) is 25.7 Å². The molecule has 1 atom stereocenters. The van der Waals surface area contributed by atoms with E-state index in [-0.39, 0.29) is 0 Å². The van der Waals surface area contributed by atoms with Gasteiger partial charge < -0.3 is 5.32 Å². The second kappa shape index (κ2) is 4.72. The van der Waals surface area contributed by atoms with Gasteiger partial charge in [0.1, 0.15) is 0 Å². The molecule has 0 bridgehead atoms. The molecule has 0 aliphatic rings. The second-order valence-electron chi connectivity index (χ2n) is 4.43. The molecule has 0 spiro atoms. The number of nitrogens with zero attached hydrogens (tertiary/aromatic N) is 2. The zero-order valence-corrected chi connectivity index (χ0v) is 10.9. The van der Waals surface area contributed by atoms with Crippen molar-refractivity contribution in [2.24, 2.45) is 7.05 Å². The summed E-state index contributed by atoms with van der Waals surface area (Å²) in [5.74, 6) is 0. The zero-order valence-electron chi connectivity index (χ0n) is 10.9. The molecule has 0 amide bonds. The molecule has 2 rings (SSSR count). The van der Waals surface area contributed by atoms with Crippen LogP contribution in [0.25, 0.3) is 11.1 Å². The molecule has 2 aromatic rings. The van der Waals surface area contributed by atoms with Crippen molar-refractivity contribution in [2.75, 3.05) is 7.05 Å². The van der Waals surface area contributed by atoms with Gasteiger partial charge in [-0.2, -0.15) is 5.10 Å². The number of aryl methyl sites for hydroxylation is 2. The summed E-state index contributed by atoms with van der Waals surface area (Å²) in [6.07, 6.45) is 2.06. The molecule has 1 unspecified atom stereocenters. The van der Waals surface area contributed by atoms with Gasteiger partial charge in [0.15, 0.2) is 0 Å². The third-order valence-electron chi connectivity index (χ3n) is 3.17. The predicted octanol–water partition coefficient (Wildman–Crippen LogP) is 2.68. The van der Waals surface area contributed by atoms with E-state index in [1.165, 1.54) is 16.7 Å². The summed E-state index contributed by atoms with van der Waals surface area (Å²) in [6, 6.07) is 9.05. The lowest BCUT2D eigenvalue weighted by atomic mass is 10.0. The molecule has 0 aliphatic carbocycles. The average Bonchev–Trinajstić information content (AvgIpc) is 2.68. The van der Waals surface area contributed by atoms with Crippen molar-refractivity contribution in [1.29, 1.82) is 0 Å².